The van der Waals surface area contributed by atoms with Crippen LogP contribution < -0.4 is 10.6 Å². The highest BCUT2D eigenvalue weighted by Crippen LogP contribution is 2.39. The summed E-state index contributed by atoms with van der Waals surface area (Å²) in [4.78, 5) is 41.2. The Morgan fingerprint density at radius 2 is 1.71 bits per heavy atom. The molecular weight excluding hydrogens is 533 g/mol. The number of anilines is 2. The van der Waals surface area contributed by atoms with E-state index in [4.69, 9.17) is 4.74 Å². The molecule has 2 unspecified atom stereocenters. The van der Waals surface area contributed by atoms with Crippen molar-refractivity contribution in [2.45, 2.75) is 58.9 Å². The molecule has 3 aromatic rings. The fraction of sp³-hybridized carbons (Fsp3) is 0.382. The molecule has 222 valence electrons. The van der Waals surface area contributed by atoms with Crippen molar-refractivity contribution in [1.82, 2.24) is 4.90 Å². The summed E-state index contributed by atoms with van der Waals surface area (Å²) in [5, 5.41) is 6.12. The van der Waals surface area contributed by atoms with Gasteiger partial charge in [-0.15, -0.1) is 0 Å². The number of hydrogen-bond acceptors (Lipinski definition) is 5. The van der Waals surface area contributed by atoms with Gasteiger partial charge in [-0.3, -0.25) is 14.4 Å². The normalized spacial score (nSPS) is 17.0. The highest BCUT2D eigenvalue weighted by Gasteiger charge is 2.40. The summed E-state index contributed by atoms with van der Waals surface area (Å²) in [6, 6.07) is 19.1. The van der Waals surface area contributed by atoms with Gasteiger partial charge in [0, 0.05) is 17.9 Å². The lowest BCUT2D eigenvalue weighted by Crippen LogP contribution is -2.46. The Morgan fingerprint density at radius 1 is 1.00 bits per heavy atom. The fourth-order valence-corrected chi connectivity index (χ4v) is 5.44. The van der Waals surface area contributed by atoms with Gasteiger partial charge in [0.05, 0.1) is 24.1 Å². The number of amides is 2. The number of nitrogens with one attached hydrogen (secondary N) is 2. The molecule has 3 aromatic carbocycles. The van der Waals surface area contributed by atoms with Gasteiger partial charge in [0.2, 0.25) is 5.91 Å². The smallest absolute Gasteiger partial charge is 0.325 e. The zero-order valence-corrected chi connectivity index (χ0v) is 25.0. The molecule has 7 nitrogen and oxygen atoms in total. The molecule has 1 heterocycles. The van der Waals surface area contributed by atoms with Crippen molar-refractivity contribution >= 4 is 29.2 Å². The number of carbonyl (C=O) groups excluding carboxylic acids is 3. The van der Waals surface area contributed by atoms with Gasteiger partial charge < -0.3 is 20.3 Å². The molecule has 42 heavy (non-hydrogen) atoms. The molecule has 1 fully saturated rings. The van der Waals surface area contributed by atoms with E-state index >= 15 is 0 Å². The van der Waals surface area contributed by atoms with E-state index in [1.54, 1.807) is 30.9 Å². The third kappa shape index (κ3) is 7.16. The second kappa shape index (κ2) is 13.2. The van der Waals surface area contributed by atoms with Crippen molar-refractivity contribution in [2.24, 2.45) is 5.92 Å². The number of ether oxygens (including phenoxy) is 1. The first-order valence-corrected chi connectivity index (χ1v) is 14.5. The fourth-order valence-electron chi connectivity index (χ4n) is 5.44. The van der Waals surface area contributed by atoms with E-state index in [0.717, 1.165) is 11.1 Å². The van der Waals surface area contributed by atoms with Crippen LogP contribution in [-0.4, -0.2) is 42.4 Å². The largest absolute Gasteiger partial charge is 0.465 e. The Bertz CT molecular complexity index is 1410. The number of piperidine rings is 1. The number of carbonyl (C=O) groups is 3. The number of likely N-dealkylation sites (tertiary alicyclic amines) is 1. The van der Waals surface area contributed by atoms with Crippen LogP contribution in [0.4, 0.5) is 15.8 Å². The molecule has 0 saturated carbocycles. The Kier molecular flexibility index (Phi) is 9.66. The minimum absolute atomic E-state index is 0.0203. The van der Waals surface area contributed by atoms with Crippen LogP contribution in [0.15, 0.2) is 66.7 Å². The van der Waals surface area contributed by atoms with Gasteiger partial charge >= 0.3 is 5.97 Å². The molecule has 2 N–H and O–H groups in total. The quantitative estimate of drug-likeness (QED) is 0.295. The lowest BCUT2D eigenvalue weighted by atomic mass is 9.83. The van der Waals surface area contributed by atoms with Crippen LogP contribution in [-0.2, 0) is 19.7 Å². The molecule has 1 aliphatic rings. The van der Waals surface area contributed by atoms with Crippen LogP contribution >= 0.6 is 0 Å². The summed E-state index contributed by atoms with van der Waals surface area (Å²) in [7, 11) is 0. The minimum atomic E-state index is -0.616. The molecular formula is C34H40FN3O4. The standard InChI is InChI=1S/C34H40FN3O4/c1-6-42-29(39)21-36-25-17-15-23(16-18-25)31-27(32(40)37-26-12-8-11-24(20-26)34(3,4)5)13-9-19-38(31)33(41)30-22(2)10-7-14-28(30)35/h7-8,10-12,14-18,20,27,31,36H,6,9,13,19,21H2,1-5H3,(H,37,40). The predicted molar refractivity (Wildman–Crippen MR) is 163 cm³/mol. The molecule has 2 atom stereocenters. The van der Waals surface area contributed by atoms with Gasteiger partial charge in [-0.2, -0.15) is 0 Å². The molecule has 1 saturated heterocycles. The van der Waals surface area contributed by atoms with E-state index in [2.05, 4.69) is 31.4 Å². The van der Waals surface area contributed by atoms with Gasteiger partial charge in [0.15, 0.2) is 0 Å². The highest BCUT2D eigenvalue weighted by molar-refractivity contribution is 5.98. The Hall–Kier alpha value is -4.20. The molecule has 8 heteroatoms. The molecule has 1 aliphatic heterocycles. The molecule has 0 aromatic heterocycles. The molecule has 0 aliphatic carbocycles. The van der Waals surface area contributed by atoms with Crippen LogP contribution in [0.25, 0.3) is 0 Å². The summed E-state index contributed by atoms with van der Waals surface area (Å²) < 4.78 is 19.9. The average Bonchev–Trinajstić information content (AvgIpc) is 2.95. The van der Waals surface area contributed by atoms with Crippen LogP contribution in [0, 0.1) is 18.7 Å². The SMILES string of the molecule is CCOC(=O)CNc1ccc(C2C(C(=O)Nc3cccc(C(C)(C)C)c3)CCCN2C(=O)c2c(C)cccc2F)cc1. The maximum absolute atomic E-state index is 14.9. The van der Waals surface area contributed by atoms with Crippen molar-refractivity contribution < 1.29 is 23.5 Å². The number of hydrogen-bond donors (Lipinski definition) is 2. The van der Waals surface area contributed by atoms with Gasteiger partial charge in [0.1, 0.15) is 12.4 Å². The number of aryl methyl sites for hydroxylation is 1. The Balaban J connectivity index is 1.67. The van der Waals surface area contributed by atoms with Crippen molar-refractivity contribution in [3.8, 4) is 0 Å². The van der Waals surface area contributed by atoms with E-state index in [9.17, 15) is 18.8 Å². The Labute approximate surface area is 247 Å². The zero-order chi connectivity index (χ0) is 30.4. The molecule has 4 rings (SSSR count). The lowest BCUT2D eigenvalue weighted by Gasteiger charge is -2.41. The van der Waals surface area contributed by atoms with E-state index in [1.807, 2.05) is 48.5 Å². The van der Waals surface area contributed by atoms with Crippen LogP contribution in [0.2, 0.25) is 0 Å². The predicted octanol–water partition coefficient (Wildman–Crippen LogP) is 6.64. The third-order valence-electron chi connectivity index (χ3n) is 7.66. The van der Waals surface area contributed by atoms with Gasteiger partial charge in [-0.05, 0) is 79.1 Å². The van der Waals surface area contributed by atoms with E-state index in [0.29, 0.717) is 42.9 Å². The summed E-state index contributed by atoms with van der Waals surface area (Å²) in [5.74, 6) is -2.14. The zero-order valence-electron chi connectivity index (χ0n) is 25.0. The van der Waals surface area contributed by atoms with E-state index in [1.165, 1.54) is 6.07 Å². The maximum atomic E-state index is 14.9. The van der Waals surface area contributed by atoms with Crippen LogP contribution in [0.5, 0.6) is 0 Å². The highest BCUT2D eigenvalue weighted by atomic mass is 19.1. The molecule has 0 spiro atoms. The Morgan fingerprint density at radius 3 is 2.38 bits per heavy atom. The van der Waals surface area contributed by atoms with Crippen LogP contribution in [0.3, 0.4) is 0 Å². The van der Waals surface area contributed by atoms with Crippen molar-refractivity contribution in [3.63, 3.8) is 0 Å². The van der Waals surface area contributed by atoms with Crippen LogP contribution in [0.1, 0.15) is 73.6 Å². The van der Waals surface area contributed by atoms with E-state index in [-0.39, 0.29) is 29.4 Å². The molecule has 2 amide bonds. The summed E-state index contributed by atoms with van der Waals surface area (Å²) in [6.07, 6.45) is 1.17. The number of benzene rings is 3. The second-order valence-electron chi connectivity index (χ2n) is 11.7. The minimum Gasteiger partial charge on any atom is -0.465 e. The van der Waals surface area contributed by atoms with Gasteiger partial charge in [-0.1, -0.05) is 57.2 Å². The summed E-state index contributed by atoms with van der Waals surface area (Å²) >= 11 is 0. The van der Waals surface area contributed by atoms with Crippen molar-refractivity contribution in [2.75, 3.05) is 30.3 Å². The lowest BCUT2D eigenvalue weighted by molar-refractivity contribution is -0.140. The van der Waals surface area contributed by atoms with Crippen molar-refractivity contribution in [3.05, 3.63) is 94.8 Å². The number of nitrogens with zero attached hydrogens (tertiary/aromatic N) is 1. The summed E-state index contributed by atoms with van der Waals surface area (Å²) in [5.41, 5.74) is 3.72. The summed E-state index contributed by atoms with van der Waals surface area (Å²) in [6.45, 7) is 10.5. The monoisotopic (exact) mass is 573 g/mol. The topological polar surface area (TPSA) is 87.7 Å². The second-order valence-corrected chi connectivity index (χ2v) is 11.7. The van der Waals surface area contributed by atoms with Crippen molar-refractivity contribution in [1.29, 1.82) is 0 Å². The number of esters is 1. The van der Waals surface area contributed by atoms with E-state index < -0.39 is 23.7 Å². The first-order chi connectivity index (χ1) is 20.0. The third-order valence-corrected chi connectivity index (χ3v) is 7.66. The number of rotatable bonds is 8. The maximum Gasteiger partial charge on any atom is 0.325 e. The molecule has 0 bridgehead atoms. The average molecular weight is 574 g/mol. The molecule has 0 radical (unpaired) electrons. The van der Waals surface area contributed by atoms with Gasteiger partial charge in [-0.25, -0.2) is 4.39 Å². The first kappa shape index (κ1) is 30.8. The number of halogens is 1. The van der Waals surface area contributed by atoms with Gasteiger partial charge in [0.25, 0.3) is 5.91 Å². The first-order valence-electron chi connectivity index (χ1n) is 14.5.